The van der Waals surface area contributed by atoms with Gasteiger partial charge in [0, 0.05) is 11.9 Å². The molecule has 0 bridgehead atoms. The quantitative estimate of drug-likeness (QED) is 0.429. The van der Waals surface area contributed by atoms with Gasteiger partial charge in [0.1, 0.15) is 0 Å². The number of hydrogen-bond donors (Lipinski definition) is 2. The lowest BCUT2D eigenvalue weighted by Crippen LogP contribution is -2.22. The first-order valence-electron chi connectivity index (χ1n) is 3.29. The van der Waals surface area contributed by atoms with E-state index < -0.39 is 0 Å². The molecular formula is C9H10N2. The highest BCUT2D eigenvalue weighted by atomic mass is 14.5. The van der Waals surface area contributed by atoms with Gasteiger partial charge in [-0.05, 0) is 28.6 Å². The second kappa shape index (κ2) is 3.01. The maximum atomic E-state index is 6.86. The van der Waals surface area contributed by atoms with Gasteiger partial charge in [-0.1, -0.05) is 12.6 Å². The van der Waals surface area contributed by atoms with Crippen LogP contribution in [0.5, 0.6) is 0 Å². The third kappa shape index (κ3) is 1.67. The molecule has 2 nitrogen and oxygen atoms in total. The zero-order chi connectivity index (χ0) is 8.27. The molecule has 1 aromatic rings. The zero-order valence-electron chi connectivity index (χ0n) is 6.17. The van der Waals surface area contributed by atoms with E-state index in [4.69, 9.17) is 11.1 Å². The number of hydrogen-bond acceptors (Lipinski definition) is 2. The van der Waals surface area contributed by atoms with E-state index >= 15 is 0 Å². The van der Waals surface area contributed by atoms with Gasteiger partial charge in [-0.25, -0.2) is 0 Å². The van der Waals surface area contributed by atoms with Crippen molar-refractivity contribution in [2.75, 3.05) is 5.73 Å². The Morgan fingerprint density at radius 1 is 1.45 bits per heavy atom. The van der Waals surface area contributed by atoms with Crippen LogP contribution in [0.25, 0.3) is 12.7 Å². The molecule has 1 aromatic carbocycles. The normalized spacial score (nSPS) is 11.5. The van der Waals surface area contributed by atoms with Crippen LogP contribution >= 0.6 is 0 Å². The summed E-state index contributed by atoms with van der Waals surface area (Å²) in [4.78, 5) is 0. The van der Waals surface area contributed by atoms with Crippen molar-refractivity contribution in [3.63, 3.8) is 0 Å². The third-order valence-corrected chi connectivity index (χ3v) is 1.43. The van der Waals surface area contributed by atoms with E-state index in [1.54, 1.807) is 18.2 Å². The van der Waals surface area contributed by atoms with Gasteiger partial charge in [0.25, 0.3) is 0 Å². The Kier molecular flexibility index (Phi) is 2.06. The topological polar surface area (TPSA) is 49.9 Å². The fourth-order valence-corrected chi connectivity index (χ4v) is 0.858. The summed E-state index contributed by atoms with van der Waals surface area (Å²) >= 11 is 0. The number of benzene rings is 1. The molecule has 1 rings (SSSR count). The lowest BCUT2D eigenvalue weighted by molar-refractivity contribution is 1.53. The maximum Gasteiger partial charge on any atom is 0.0320 e. The molecule has 56 valence electrons. The van der Waals surface area contributed by atoms with E-state index in [2.05, 4.69) is 6.58 Å². The highest BCUT2D eigenvalue weighted by molar-refractivity contribution is 5.88. The van der Waals surface area contributed by atoms with Crippen LogP contribution in [0.3, 0.4) is 0 Å². The van der Waals surface area contributed by atoms with Crippen LogP contribution in [0.15, 0.2) is 18.2 Å². The summed E-state index contributed by atoms with van der Waals surface area (Å²) in [7, 11) is 0. The zero-order valence-corrected chi connectivity index (χ0v) is 6.17. The predicted octanol–water partition coefficient (Wildman–Crippen LogP) is 0.109. The Bertz CT molecular complexity index is 366. The molecule has 3 N–H and O–H groups in total. The molecule has 0 aliphatic heterocycles. The Hall–Kier alpha value is -1.57. The maximum absolute atomic E-state index is 6.86. The molecule has 2 heteroatoms. The Morgan fingerprint density at radius 2 is 2.18 bits per heavy atom. The van der Waals surface area contributed by atoms with Gasteiger partial charge in [-0.3, -0.25) is 0 Å². The average molecular weight is 146 g/mol. The van der Waals surface area contributed by atoms with E-state index in [1.165, 1.54) is 6.21 Å². The van der Waals surface area contributed by atoms with Crippen molar-refractivity contribution >= 4 is 24.6 Å². The van der Waals surface area contributed by atoms with E-state index in [-0.39, 0.29) is 0 Å². The van der Waals surface area contributed by atoms with Gasteiger partial charge in [-0.2, -0.15) is 0 Å². The van der Waals surface area contributed by atoms with E-state index in [1.807, 2.05) is 6.07 Å². The second-order valence-corrected chi connectivity index (χ2v) is 2.29. The molecule has 0 radical (unpaired) electrons. The van der Waals surface area contributed by atoms with Crippen molar-refractivity contribution in [1.82, 2.24) is 0 Å². The molecule has 0 fully saturated rings. The summed E-state index contributed by atoms with van der Waals surface area (Å²) in [5.41, 5.74) is 6.23. The van der Waals surface area contributed by atoms with Crippen LogP contribution in [-0.2, 0) is 0 Å². The van der Waals surface area contributed by atoms with Gasteiger partial charge < -0.3 is 11.1 Å². The van der Waals surface area contributed by atoms with Gasteiger partial charge in [-0.15, -0.1) is 0 Å². The molecule has 0 spiro atoms. The lowest BCUT2D eigenvalue weighted by atomic mass is 10.2. The van der Waals surface area contributed by atoms with Crippen molar-refractivity contribution in [2.24, 2.45) is 0 Å². The average Bonchev–Trinajstić information content (AvgIpc) is 1.98. The van der Waals surface area contributed by atoms with Gasteiger partial charge in [0.15, 0.2) is 0 Å². The molecule has 0 aliphatic rings. The first-order valence-corrected chi connectivity index (χ1v) is 3.29. The first kappa shape index (κ1) is 7.54. The fourth-order valence-electron chi connectivity index (χ4n) is 0.858. The molecule has 0 aromatic heterocycles. The summed E-state index contributed by atoms with van der Waals surface area (Å²) in [5.74, 6) is 0. The van der Waals surface area contributed by atoms with E-state index in [0.29, 0.717) is 5.69 Å². The molecule has 0 atom stereocenters. The molecule has 0 heterocycles. The predicted molar refractivity (Wildman–Crippen MR) is 48.9 cm³/mol. The molecule has 0 saturated heterocycles. The molecule has 0 aliphatic carbocycles. The number of nitrogen functional groups attached to an aromatic ring is 1. The van der Waals surface area contributed by atoms with Crippen molar-refractivity contribution in [3.8, 4) is 0 Å². The Labute approximate surface area is 65.2 Å². The molecule has 0 saturated carbocycles. The van der Waals surface area contributed by atoms with Crippen molar-refractivity contribution in [1.29, 1.82) is 5.41 Å². The van der Waals surface area contributed by atoms with Gasteiger partial charge in [0.2, 0.25) is 0 Å². The summed E-state index contributed by atoms with van der Waals surface area (Å²) in [6.07, 6.45) is 2.89. The highest BCUT2D eigenvalue weighted by Gasteiger charge is 1.83. The summed E-state index contributed by atoms with van der Waals surface area (Å²) < 4.78 is 0. The van der Waals surface area contributed by atoms with Crippen LogP contribution in [0.4, 0.5) is 5.69 Å². The Balaban J connectivity index is 3.47. The highest BCUT2D eigenvalue weighted by Crippen LogP contribution is 1.89. The van der Waals surface area contributed by atoms with Crippen LogP contribution in [0.1, 0.15) is 0 Å². The molecular weight excluding hydrogens is 136 g/mol. The third-order valence-electron chi connectivity index (χ3n) is 1.43. The second-order valence-electron chi connectivity index (χ2n) is 2.29. The first-order chi connectivity index (χ1) is 5.24. The SMILES string of the molecule is C=c1ccc(N)c/c1=C/C=N. The number of anilines is 1. The van der Waals surface area contributed by atoms with Crippen molar-refractivity contribution in [2.45, 2.75) is 0 Å². The van der Waals surface area contributed by atoms with Crippen molar-refractivity contribution in [3.05, 3.63) is 28.6 Å². The minimum absolute atomic E-state index is 0.700. The molecule has 0 amide bonds. The summed E-state index contributed by atoms with van der Waals surface area (Å²) in [6, 6.07) is 5.43. The fraction of sp³-hybridized carbons (Fsp3) is 0. The number of nitrogens with two attached hydrogens (primary N) is 1. The van der Waals surface area contributed by atoms with Gasteiger partial charge >= 0.3 is 0 Å². The standard InChI is InChI=1S/C9H10N2/c1-7-2-3-9(11)6-8(7)4-5-10/h2-6,10H,1,11H2/b8-4-,10-5?. The number of rotatable bonds is 1. The van der Waals surface area contributed by atoms with Crippen LogP contribution in [0.2, 0.25) is 0 Å². The molecule has 0 unspecified atom stereocenters. The van der Waals surface area contributed by atoms with E-state index in [0.717, 1.165) is 10.4 Å². The smallest absolute Gasteiger partial charge is 0.0320 e. The number of nitrogens with one attached hydrogen (secondary N) is 1. The Morgan fingerprint density at radius 3 is 2.82 bits per heavy atom. The van der Waals surface area contributed by atoms with Crippen LogP contribution in [0, 0.1) is 5.41 Å². The van der Waals surface area contributed by atoms with Crippen molar-refractivity contribution < 1.29 is 0 Å². The minimum Gasteiger partial charge on any atom is -0.399 e. The van der Waals surface area contributed by atoms with Crippen LogP contribution in [-0.4, -0.2) is 6.21 Å². The summed E-state index contributed by atoms with van der Waals surface area (Å²) in [6.45, 7) is 3.79. The van der Waals surface area contributed by atoms with Gasteiger partial charge in [0.05, 0.1) is 0 Å². The summed E-state index contributed by atoms with van der Waals surface area (Å²) in [5, 5.41) is 8.65. The lowest BCUT2D eigenvalue weighted by Gasteiger charge is -1.90. The van der Waals surface area contributed by atoms with E-state index in [9.17, 15) is 0 Å². The minimum atomic E-state index is 0.700. The largest absolute Gasteiger partial charge is 0.399 e. The monoisotopic (exact) mass is 146 g/mol. The van der Waals surface area contributed by atoms with Crippen LogP contribution < -0.4 is 16.2 Å². The molecule has 11 heavy (non-hydrogen) atoms.